The lowest BCUT2D eigenvalue weighted by atomic mass is 9.76. The van der Waals surface area contributed by atoms with E-state index in [1.54, 1.807) is 18.7 Å². The van der Waals surface area contributed by atoms with Gasteiger partial charge in [0.05, 0.1) is 18.8 Å². The second kappa shape index (κ2) is 6.87. The molecule has 0 saturated carbocycles. The molecule has 1 aliphatic heterocycles. The summed E-state index contributed by atoms with van der Waals surface area (Å²) >= 11 is 0. The standard InChI is InChI=1S/C19H26N2O5/c1-11-15-13(22)9-19(3,4)10-14(15)26-16(11)17(23)20-12(2)18(24)21-5-7-25-8-6-21/h12H,5-10H2,1-4H3,(H,20,23)/t12-/m1/s1. The summed E-state index contributed by atoms with van der Waals surface area (Å²) in [6.07, 6.45) is 1.05. The molecule has 2 aliphatic rings. The zero-order valence-corrected chi connectivity index (χ0v) is 15.8. The van der Waals surface area contributed by atoms with Crippen LogP contribution < -0.4 is 5.32 Å². The number of carbonyl (C=O) groups is 3. The highest BCUT2D eigenvalue weighted by Gasteiger charge is 2.37. The van der Waals surface area contributed by atoms with Gasteiger partial charge in [0.15, 0.2) is 11.5 Å². The molecule has 0 unspecified atom stereocenters. The van der Waals surface area contributed by atoms with Crippen molar-refractivity contribution in [1.29, 1.82) is 0 Å². The summed E-state index contributed by atoms with van der Waals surface area (Å²) in [6, 6.07) is -0.672. The van der Waals surface area contributed by atoms with E-state index in [-0.39, 0.29) is 22.9 Å². The number of nitrogens with zero attached hydrogens (tertiary/aromatic N) is 1. The van der Waals surface area contributed by atoms with Gasteiger partial charge in [0.25, 0.3) is 5.91 Å². The van der Waals surface area contributed by atoms with Crippen LogP contribution in [0.2, 0.25) is 0 Å². The maximum atomic E-state index is 12.6. The van der Waals surface area contributed by atoms with E-state index in [0.717, 1.165) is 0 Å². The molecule has 26 heavy (non-hydrogen) atoms. The van der Waals surface area contributed by atoms with Gasteiger partial charge in [-0.05, 0) is 19.3 Å². The molecular weight excluding hydrogens is 336 g/mol. The van der Waals surface area contributed by atoms with E-state index in [4.69, 9.17) is 9.15 Å². The number of nitrogens with one attached hydrogen (secondary N) is 1. The van der Waals surface area contributed by atoms with E-state index in [2.05, 4.69) is 5.32 Å². The van der Waals surface area contributed by atoms with Crippen molar-refractivity contribution in [2.24, 2.45) is 5.41 Å². The molecule has 0 spiro atoms. The van der Waals surface area contributed by atoms with Crippen LogP contribution in [0.1, 0.15) is 59.4 Å². The molecule has 1 atom stereocenters. The second-order valence-corrected chi connectivity index (χ2v) is 7.93. The lowest BCUT2D eigenvalue weighted by molar-refractivity contribution is -0.136. The normalized spacial score (nSPS) is 20.5. The molecule has 1 N–H and O–H groups in total. The number of hydrogen-bond donors (Lipinski definition) is 1. The number of ketones is 1. The van der Waals surface area contributed by atoms with Gasteiger partial charge in [-0.3, -0.25) is 14.4 Å². The molecular formula is C19H26N2O5. The Balaban J connectivity index is 1.74. The van der Waals surface area contributed by atoms with Crippen LogP contribution in [0.15, 0.2) is 4.42 Å². The Morgan fingerprint density at radius 3 is 2.50 bits per heavy atom. The number of furan rings is 1. The van der Waals surface area contributed by atoms with Gasteiger partial charge in [-0.15, -0.1) is 0 Å². The quantitative estimate of drug-likeness (QED) is 0.884. The number of ether oxygens (including phenoxy) is 1. The Bertz CT molecular complexity index is 743. The lowest BCUT2D eigenvalue weighted by Gasteiger charge is -2.29. The maximum absolute atomic E-state index is 12.6. The molecule has 1 aromatic heterocycles. The van der Waals surface area contributed by atoms with Crippen LogP contribution in [0.4, 0.5) is 0 Å². The second-order valence-electron chi connectivity index (χ2n) is 7.93. The van der Waals surface area contributed by atoms with Gasteiger partial charge in [-0.25, -0.2) is 0 Å². The first-order valence-corrected chi connectivity index (χ1v) is 9.02. The number of hydrogen-bond acceptors (Lipinski definition) is 5. The number of fused-ring (bicyclic) bond motifs is 1. The molecule has 142 valence electrons. The average Bonchev–Trinajstić information content (AvgIpc) is 2.90. The molecule has 2 amide bonds. The first-order chi connectivity index (χ1) is 12.2. The molecule has 1 aromatic rings. The van der Waals surface area contributed by atoms with Gasteiger partial charge in [-0.1, -0.05) is 13.8 Å². The van der Waals surface area contributed by atoms with Crippen LogP contribution in [0.5, 0.6) is 0 Å². The smallest absolute Gasteiger partial charge is 0.287 e. The third kappa shape index (κ3) is 3.53. The fraction of sp³-hybridized carbons (Fsp3) is 0.632. The fourth-order valence-corrected chi connectivity index (χ4v) is 3.68. The Hall–Kier alpha value is -2.15. The van der Waals surface area contributed by atoms with E-state index in [1.807, 2.05) is 13.8 Å². The largest absolute Gasteiger partial charge is 0.455 e. The Morgan fingerprint density at radius 2 is 1.85 bits per heavy atom. The van der Waals surface area contributed by atoms with Crippen molar-refractivity contribution in [2.75, 3.05) is 26.3 Å². The molecule has 7 heteroatoms. The van der Waals surface area contributed by atoms with Gasteiger partial charge in [-0.2, -0.15) is 0 Å². The minimum atomic E-state index is -0.672. The number of amides is 2. The highest BCUT2D eigenvalue weighted by Crippen LogP contribution is 2.38. The Kier molecular flexibility index (Phi) is 4.92. The van der Waals surface area contributed by atoms with E-state index in [0.29, 0.717) is 56.0 Å². The molecule has 1 saturated heterocycles. The fourth-order valence-electron chi connectivity index (χ4n) is 3.68. The number of morpholine rings is 1. The monoisotopic (exact) mass is 362 g/mol. The number of carbonyl (C=O) groups excluding carboxylic acids is 3. The SMILES string of the molecule is Cc1c(C(=O)N[C@H](C)C(=O)N2CCOCC2)oc2c1C(=O)CC(C)(C)C2. The van der Waals surface area contributed by atoms with Gasteiger partial charge >= 0.3 is 0 Å². The Labute approximate surface area is 153 Å². The van der Waals surface area contributed by atoms with Crippen molar-refractivity contribution in [1.82, 2.24) is 10.2 Å². The molecule has 2 heterocycles. The molecule has 1 aliphatic carbocycles. The van der Waals surface area contributed by atoms with E-state index < -0.39 is 11.9 Å². The van der Waals surface area contributed by atoms with Crippen LogP contribution in [0.25, 0.3) is 0 Å². The van der Waals surface area contributed by atoms with Crippen LogP contribution in [0.3, 0.4) is 0 Å². The van der Waals surface area contributed by atoms with Crippen molar-refractivity contribution >= 4 is 17.6 Å². The zero-order chi connectivity index (χ0) is 19.1. The predicted molar refractivity (Wildman–Crippen MR) is 94.2 cm³/mol. The Morgan fingerprint density at radius 1 is 1.19 bits per heavy atom. The minimum absolute atomic E-state index is 0.00833. The summed E-state index contributed by atoms with van der Waals surface area (Å²) < 4.78 is 11.0. The van der Waals surface area contributed by atoms with Gasteiger partial charge in [0.1, 0.15) is 11.8 Å². The first-order valence-electron chi connectivity index (χ1n) is 9.02. The predicted octanol–water partition coefficient (Wildman–Crippen LogP) is 1.72. The topological polar surface area (TPSA) is 88.8 Å². The average molecular weight is 362 g/mol. The molecule has 3 rings (SSSR count). The lowest BCUT2D eigenvalue weighted by Crippen LogP contribution is -2.50. The summed E-state index contributed by atoms with van der Waals surface area (Å²) in [5, 5.41) is 2.70. The highest BCUT2D eigenvalue weighted by molar-refractivity contribution is 6.04. The zero-order valence-electron chi connectivity index (χ0n) is 15.8. The first kappa shape index (κ1) is 18.6. The van der Waals surface area contributed by atoms with Crippen LogP contribution in [-0.2, 0) is 16.0 Å². The van der Waals surface area contributed by atoms with Crippen LogP contribution in [0, 0.1) is 12.3 Å². The molecule has 0 aromatic carbocycles. The van der Waals surface area contributed by atoms with Gasteiger partial charge < -0.3 is 19.4 Å². The van der Waals surface area contributed by atoms with E-state index in [1.165, 1.54) is 0 Å². The number of Topliss-reactive ketones (excluding diaryl/α,β-unsaturated/α-hetero) is 1. The molecule has 1 fully saturated rings. The van der Waals surface area contributed by atoms with Crippen molar-refractivity contribution < 1.29 is 23.5 Å². The summed E-state index contributed by atoms with van der Waals surface area (Å²) in [6.45, 7) is 9.46. The summed E-state index contributed by atoms with van der Waals surface area (Å²) in [4.78, 5) is 39.2. The molecule has 0 radical (unpaired) electrons. The van der Waals surface area contributed by atoms with E-state index in [9.17, 15) is 14.4 Å². The maximum Gasteiger partial charge on any atom is 0.287 e. The van der Waals surface area contributed by atoms with Crippen LogP contribution in [-0.4, -0.2) is 54.8 Å². The summed E-state index contributed by atoms with van der Waals surface area (Å²) in [7, 11) is 0. The number of rotatable bonds is 3. The third-order valence-corrected chi connectivity index (χ3v) is 5.02. The summed E-state index contributed by atoms with van der Waals surface area (Å²) in [5.74, 6) is 0.0992. The van der Waals surface area contributed by atoms with Gasteiger partial charge in [0.2, 0.25) is 5.91 Å². The van der Waals surface area contributed by atoms with Crippen LogP contribution >= 0.6 is 0 Å². The highest BCUT2D eigenvalue weighted by atomic mass is 16.5. The van der Waals surface area contributed by atoms with Crippen molar-refractivity contribution in [3.8, 4) is 0 Å². The molecule has 7 nitrogen and oxygen atoms in total. The molecule has 0 bridgehead atoms. The summed E-state index contributed by atoms with van der Waals surface area (Å²) in [5.41, 5.74) is 0.910. The third-order valence-electron chi connectivity index (χ3n) is 5.02. The van der Waals surface area contributed by atoms with Crippen molar-refractivity contribution in [3.63, 3.8) is 0 Å². The van der Waals surface area contributed by atoms with Crippen molar-refractivity contribution in [3.05, 3.63) is 22.6 Å². The van der Waals surface area contributed by atoms with E-state index >= 15 is 0 Å². The van der Waals surface area contributed by atoms with Crippen molar-refractivity contribution in [2.45, 2.75) is 46.6 Å². The minimum Gasteiger partial charge on any atom is -0.455 e. The van der Waals surface area contributed by atoms with Gasteiger partial charge in [0, 0.05) is 31.5 Å².